The molecule has 7 heteroatoms. The topological polar surface area (TPSA) is 63.7 Å². The van der Waals surface area contributed by atoms with Gasteiger partial charge in [0.25, 0.3) is 0 Å². The summed E-state index contributed by atoms with van der Waals surface area (Å²) in [7, 11) is 0. The van der Waals surface area contributed by atoms with Crippen molar-refractivity contribution >= 4 is 23.3 Å². The summed E-state index contributed by atoms with van der Waals surface area (Å²) in [4.78, 5) is 19.3. The minimum absolute atomic E-state index is 0.141. The van der Waals surface area contributed by atoms with E-state index < -0.39 is 0 Å². The lowest BCUT2D eigenvalue weighted by Gasteiger charge is -2.31. The second-order valence-corrected chi connectivity index (χ2v) is 9.53. The predicted octanol–water partition coefficient (Wildman–Crippen LogP) is 4.58. The molecule has 0 radical (unpaired) electrons. The van der Waals surface area contributed by atoms with Crippen LogP contribution in [-0.4, -0.2) is 41.6 Å². The molecule has 3 aromatic rings. The Bertz CT molecular complexity index is 1130. The Morgan fingerprint density at radius 3 is 2.94 bits per heavy atom. The summed E-state index contributed by atoms with van der Waals surface area (Å²) in [6.07, 6.45) is 3.61. The molecule has 1 fully saturated rings. The molecule has 1 aliphatic heterocycles. The standard InChI is InChI=1S/C27H31N3O3S/c1-20-16-30(12-13-32-20)17-23-7-5-6-22(14-23)15-28-27(31)11-10-24-8-3-4-9-26(24)33-18-25-19-34-21(2)29-25/h3-11,14,19-20H,12-13,15-18H2,1-2H3,(H,28,31)/b11-10+. The third-order valence-electron chi connectivity index (χ3n) is 5.56. The third-order valence-corrected chi connectivity index (χ3v) is 6.39. The van der Waals surface area contributed by atoms with Gasteiger partial charge in [-0.25, -0.2) is 4.98 Å². The van der Waals surface area contributed by atoms with E-state index in [1.165, 1.54) is 5.56 Å². The van der Waals surface area contributed by atoms with Crippen molar-refractivity contribution in [3.63, 3.8) is 0 Å². The van der Waals surface area contributed by atoms with E-state index in [0.717, 1.165) is 53.8 Å². The van der Waals surface area contributed by atoms with Crippen LogP contribution in [0.5, 0.6) is 5.75 Å². The van der Waals surface area contributed by atoms with E-state index in [2.05, 4.69) is 34.3 Å². The Morgan fingerprint density at radius 2 is 2.12 bits per heavy atom. The molecule has 6 nitrogen and oxygen atoms in total. The first-order chi connectivity index (χ1) is 16.5. The fourth-order valence-corrected chi connectivity index (χ4v) is 4.52. The van der Waals surface area contributed by atoms with Gasteiger partial charge < -0.3 is 14.8 Å². The molecule has 2 aromatic carbocycles. The van der Waals surface area contributed by atoms with Crippen LogP contribution in [0.1, 0.15) is 34.3 Å². The first-order valence-electron chi connectivity index (χ1n) is 11.6. The first kappa shape index (κ1) is 24.1. The van der Waals surface area contributed by atoms with Crippen LogP contribution in [0.15, 0.2) is 60.0 Å². The zero-order chi connectivity index (χ0) is 23.8. The molecular weight excluding hydrogens is 446 g/mol. The van der Waals surface area contributed by atoms with E-state index in [-0.39, 0.29) is 12.0 Å². The number of amides is 1. The number of thiazole rings is 1. The molecule has 1 unspecified atom stereocenters. The molecule has 1 saturated heterocycles. The normalized spacial score (nSPS) is 16.6. The van der Waals surface area contributed by atoms with Crippen molar-refractivity contribution in [1.29, 1.82) is 0 Å². The van der Waals surface area contributed by atoms with Crippen LogP contribution in [0.2, 0.25) is 0 Å². The highest BCUT2D eigenvalue weighted by molar-refractivity contribution is 7.09. The molecule has 1 atom stereocenters. The Kier molecular flexibility index (Phi) is 8.46. The smallest absolute Gasteiger partial charge is 0.244 e. The van der Waals surface area contributed by atoms with Crippen LogP contribution in [0.3, 0.4) is 0 Å². The van der Waals surface area contributed by atoms with Gasteiger partial charge in [0.2, 0.25) is 5.91 Å². The van der Waals surface area contributed by atoms with E-state index in [1.54, 1.807) is 23.5 Å². The lowest BCUT2D eigenvalue weighted by atomic mass is 10.1. The lowest BCUT2D eigenvalue weighted by Crippen LogP contribution is -2.40. The largest absolute Gasteiger partial charge is 0.487 e. The molecule has 34 heavy (non-hydrogen) atoms. The number of aromatic nitrogens is 1. The second-order valence-electron chi connectivity index (χ2n) is 8.47. The summed E-state index contributed by atoms with van der Waals surface area (Å²) in [6, 6.07) is 16.1. The monoisotopic (exact) mass is 477 g/mol. The fraction of sp³-hybridized carbons (Fsp3) is 0.333. The van der Waals surface area contributed by atoms with E-state index in [0.29, 0.717) is 13.2 Å². The predicted molar refractivity (Wildman–Crippen MR) is 136 cm³/mol. The van der Waals surface area contributed by atoms with Gasteiger partial charge in [0.05, 0.1) is 23.4 Å². The number of nitrogens with one attached hydrogen (secondary N) is 1. The van der Waals surface area contributed by atoms with Crippen LogP contribution < -0.4 is 10.1 Å². The number of carbonyl (C=O) groups excluding carboxylic acids is 1. The minimum Gasteiger partial charge on any atom is -0.487 e. The summed E-state index contributed by atoms with van der Waals surface area (Å²) >= 11 is 1.61. The molecule has 0 saturated carbocycles. The molecule has 0 spiro atoms. The van der Waals surface area contributed by atoms with E-state index in [1.807, 2.05) is 48.7 Å². The fourth-order valence-electron chi connectivity index (χ4n) is 3.92. The first-order valence-corrected chi connectivity index (χ1v) is 12.4. The summed E-state index contributed by atoms with van der Waals surface area (Å²) in [5, 5.41) is 5.99. The molecule has 0 bridgehead atoms. The van der Waals surface area contributed by atoms with E-state index >= 15 is 0 Å². The number of para-hydroxylation sites is 1. The molecule has 4 rings (SSSR count). The van der Waals surface area contributed by atoms with Gasteiger partial charge in [-0.3, -0.25) is 9.69 Å². The number of morpholine rings is 1. The van der Waals surface area contributed by atoms with Gasteiger partial charge in [-0.2, -0.15) is 0 Å². The van der Waals surface area contributed by atoms with Crippen LogP contribution in [0.4, 0.5) is 0 Å². The van der Waals surface area contributed by atoms with Crippen LogP contribution in [-0.2, 0) is 29.2 Å². The highest BCUT2D eigenvalue weighted by Gasteiger charge is 2.16. The van der Waals surface area contributed by atoms with Gasteiger partial charge in [-0.1, -0.05) is 42.5 Å². The van der Waals surface area contributed by atoms with Crippen molar-refractivity contribution in [1.82, 2.24) is 15.2 Å². The second kappa shape index (κ2) is 11.9. The van der Waals surface area contributed by atoms with Crippen molar-refractivity contribution in [2.45, 2.75) is 39.6 Å². The Labute approximate surface area is 205 Å². The van der Waals surface area contributed by atoms with Crippen molar-refractivity contribution in [3.8, 4) is 5.75 Å². The number of benzene rings is 2. The number of rotatable bonds is 9. The number of hydrogen-bond acceptors (Lipinski definition) is 6. The summed E-state index contributed by atoms with van der Waals surface area (Å²) in [5.41, 5.74) is 4.09. The molecule has 0 aliphatic carbocycles. The molecular formula is C27H31N3O3S. The zero-order valence-electron chi connectivity index (χ0n) is 19.7. The van der Waals surface area contributed by atoms with Crippen molar-refractivity contribution < 1.29 is 14.3 Å². The maximum Gasteiger partial charge on any atom is 0.244 e. The third kappa shape index (κ3) is 7.25. The van der Waals surface area contributed by atoms with Crippen LogP contribution in [0.25, 0.3) is 6.08 Å². The molecule has 1 aromatic heterocycles. The maximum atomic E-state index is 12.5. The number of aryl methyl sites for hydroxylation is 1. The molecule has 2 heterocycles. The molecule has 1 amide bonds. The SMILES string of the molecule is Cc1nc(COc2ccccc2/C=C/C(=O)NCc2cccc(CN3CCOC(C)C3)c2)cs1. The molecule has 1 aliphatic rings. The van der Waals surface area contributed by atoms with Crippen molar-refractivity contribution in [3.05, 3.63) is 87.4 Å². The number of hydrogen-bond donors (Lipinski definition) is 1. The lowest BCUT2D eigenvalue weighted by molar-refractivity contribution is -0.116. The average Bonchev–Trinajstić information content (AvgIpc) is 3.26. The Hall–Kier alpha value is -3.00. The Balaban J connectivity index is 1.29. The summed E-state index contributed by atoms with van der Waals surface area (Å²) in [6.45, 7) is 8.54. The van der Waals surface area contributed by atoms with Gasteiger partial charge in [-0.05, 0) is 37.1 Å². The number of nitrogens with zero attached hydrogens (tertiary/aromatic N) is 2. The number of carbonyl (C=O) groups is 1. The van der Waals surface area contributed by atoms with Crippen LogP contribution >= 0.6 is 11.3 Å². The highest BCUT2D eigenvalue weighted by Crippen LogP contribution is 2.21. The highest BCUT2D eigenvalue weighted by atomic mass is 32.1. The molecule has 1 N–H and O–H groups in total. The van der Waals surface area contributed by atoms with Gasteiger partial charge in [0.1, 0.15) is 12.4 Å². The summed E-state index contributed by atoms with van der Waals surface area (Å²) in [5.74, 6) is 0.583. The number of ether oxygens (including phenoxy) is 2. The van der Waals surface area contributed by atoms with Gasteiger partial charge in [-0.15, -0.1) is 11.3 Å². The van der Waals surface area contributed by atoms with Crippen molar-refractivity contribution in [2.75, 3.05) is 19.7 Å². The molecule has 178 valence electrons. The van der Waals surface area contributed by atoms with Crippen LogP contribution in [0, 0.1) is 6.92 Å². The van der Waals surface area contributed by atoms with Crippen molar-refractivity contribution in [2.24, 2.45) is 0 Å². The zero-order valence-corrected chi connectivity index (χ0v) is 20.5. The maximum absolute atomic E-state index is 12.5. The minimum atomic E-state index is -0.141. The quantitative estimate of drug-likeness (QED) is 0.457. The summed E-state index contributed by atoms with van der Waals surface area (Å²) < 4.78 is 11.6. The average molecular weight is 478 g/mol. The van der Waals surface area contributed by atoms with Gasteiger partial charge in [0.15, 0.2) is 0 Å². The van der Waals surface area contributed by atoms with E-state index in [4.69, 9.17) is 9.47 Å². The Morgan fingerprint density at radius 1 is 1.26 bits per heavy atom. The van der Waals surface area contributed by atoms with E-state index in [9.17, 15) is 4.79 Å². The van der Waals surface area contributed by atoms with Gasteiger partial charge in [0, 0.05) is 43.2 Å². The van der Waals surface area contributed by atoms with Gasteiger partial charge >= 0.3 is 0 Å².